The maximum absolute atomic E-state index is 12.3. The van der Waals surface area contributed by atoms with Gasteiger partial charge in [-0.25, -0.2) is 4.98 Å². The van der Waals surface area contributed by atoms with E-state index < -0.39 is 0 Å². The molecule has 5 nitrogen and oxygen atoms in total. The molecule has 1 atom stereocenters. The number of nitrogens with one attached hydrogen (secondary N) is 1. The summed E-state index contributed by atoms with van der Waals surface area (Å²) in [5, 5.41) is 3.39. The number of aromatic nitrogens is 2. The van der Waals surface area contributed by atoms with Crippen molar-refractivity contribution < 1.29 is 4.79 Å². The predicted octanol–water partition coefficient (Wildman–Crippen LogP) is 7.15. The van der Waals surface area contributed by atoms with Crippen LogP contribution in [0.25, 0.3) is 6.08 Å². The number of rotatable bonds is 9. The molecule has 2 aliphatic carbocycles. The lowest BCUT2D eigenvalue weighted by Crippen LogP contribution is -2.39. The summed E-state index contributed by atoms with van der Waals surface area (Å²) in [5.74, 6) is 2.15. The van der Waals surface area contributed by atoms with Gasteiger partial charge in [0.05, 0.1) is 0 Å². The van der Waals surface area contributed by atoms with Gasteiger partial charge in [-0.3, -0.25) is 9.69 Å². The molecule has 180 valence electrons. The van der Waals surface area contributed by atoms with Crippen molar-refractivity contribution >= 4 is 41.7 Å². The molecule has 2 aromatic carbocycles. The van der Waals surface area contributed by atoms with Gasteiger partial charge in [-0.15, -0.1) is 11.8 Å². The third-order valence-electron chi connectivity index (χ3n) is 7.28. The highest BCUT2D eigenvalue weighted by atomic mass is 32.2. The van der Waals surface area contributed by atoms with E-state index in [1.165, 1.54) is 36.1 Å². The van der Waals surface area contributed by atoms with Crippen LogP contribution in [0.2, 0.25) is 0 Å². The second-order valence-corrected chi connectivity index (χ2v) is 10.7. The van der Waals surface area contributed by atoms with Crippen LogP contribution in [0.1, 0.15) is 55.7 Å². The highest BCUT2D eigenvalue weighted by Gasteiger charge is 2.54. The molecule has 1 spiro atoms. The van der Waals surface area contributed by atoms with Gasteiger partial charge in [0.2, 0.25) is 12.4 Å². The van der Waals surface area contributed by atoms with Gasteiger partial charge in [-0.05, 0) is 74.3 Å². The largest absolute Gasteiger partial charge is 0.324 e. The van der Waals surface area contributed by atoms with Gasteiger partial charge in [0.25, 0.3) is 0 Å². The molecular weight excluding hydrogens is 452 g/mol. The Bertz CT molecular complexity index is 1220. The molecule has 2 saturated carbocycles. The average Bonchev–Trinajstić information content (AvgIpc) is 3.54. The van der Waals surface area contributed by atoms with Crippen molar-refractivity contribution in [3.8, 4) is 0 Å². The van der Waals surface area contributed by atoms with Crippen molar-refractivity contribution in [2.75, 3.05) is 10.2 Å². The molecule has 1 N–H and O–H groups in total. The van der Waals surface area contributed by atoms with E-state index in [2.05, 4.69) is 59.7 Å². The normalized spacial score (nSPS) is 18.2. The molecule has 1 amide bonds. The monoisotopic (exact) mass is 484 g/mol. The summed E-state index contributed by atoms with van der Waals surface area (Å²) in [4.78, 5) is 24.8. The topological polar surface area (TPSA) is 58.1 Å². The van der Waals surface area contributed by atoms with Gasteiger partial charge < -0.3 is 5.32 Å². The molecule has 2 fully saturated rings. The van der Waals surface area contributed by atoms with E-state index in [1.54, 1.807) is 0 Å². The van der Waals surface area contributed by atoms with Gasteiger partial charge in [-0.2, -0.15) is 4.98 Å². The molecule has 35 heavy (non-hydrogen) atoms. The Balaban J connectivity index is 1.36. The number of hydrogen-bond acceptors (Lipinski definition) is 5. The molecule has 6 heteroatoms. The first kappa shape index (κ1) is 23.6. The number of carbonyl (C=O) groups excluding carboxylic acids is 1. The zero-order valence-corrected chi connectivity index (χ0v) is 21.2. The summed E-state index contributed by atoms with van der Waals surface area (Å²) in [6.07, 6.45) is 12.6. The fourth-order valence-corrected chi connectivity index (χ4v) is 6.19. The van der Waals surface area contributed by atoms with E-state index in [9.17, 15) is 4.79 Å². The minimum Gasteiger partial charge on any atom is -0.324 e. The van der Waals surface area contributed by atoms with Gasteiger partial charge in [0.1, 0.15) is 5.82 Å². The van der Waals surface area contributed by atoms with Crippen molar-refractivity contribution in [2.24, 2.45) is 5.41 Å². The Kier molecular flexibility index (Phi) is 6.91. The van der Waals surface area contributed by atoms with Crippen LogP contribution in [-0.4, -0.2) is 22.4 Å². The summed E-state index contributed by atoms with van der Waals surface area (Å²) >= 11 is 1.83. The molecule has 1 aromatic heterocycles. The number of thioether (sulfide) groups is 1. The fraction of sp³-hybridized carbons (Fsp3) is 0.345. The Morgan fingerprint density at radius 1 is 1.17 bits per heavy atom. The number of carbonyl (C=O) groups is 1. The van der Waals surface area contributed by atoms with Gasteiger partial charge >= 0.3 is 0 Å². The highest BCUT2D eigenvalue weighted by Crippen LogP contribution is 2.59. The number of benzene rings is 2. The Hall–Kier alpha value is -3.12. The van der Waals surface area contributed by atoms with Crippen molar-refractivity contribution in [1.82, 2.24) is 9.97 Å². The minimum atomic E-state index is 0.231. The zero-order valence-electron chi connectivity index (χ0n) is 20.4. The van der Waals surface area contributed by atoms with Crippen LogP contribution in [0.15, 0.2) is 65.7 Å². The molecular formula is C29H32N4OS. The zero-order chi connectivity index (χ0) is 24.3. The minimum absolute atomic E-state index is 0.231. The van der Waals surface area contributed by atoms with Crippen molar-refractivity contribution in [3.63, 3.8) is 0 Å². The van der Waals surface area contributed by atoms with E-state index in [0.29, 0.717) is 17.2 Å². The third kappa shape index (κ3) is 5.13. The fourth-order valence-electron chi connectivity index (χ4n) is 5.24. The van der Waals surface area contributed by atoms with E-state index in [1.807, 2.05) is 48.0 Å². The Morgan fingerprint density at radius 3 is 2.71 bits per heavy atom. The van der Waals surface area contributed by atoms with Crippen molar-refractivity contribution in [2.45, 2.75) is 62.6 Å². The van der Waals surface area contributed by atoms with Crippen LogP contribution in [0.3, 0.4) is 0 Å². The number of aryl methyl sites for hydroxylation is 1. The maximum atomic E-state index is 12.3. The molecule has 1 heterocycles. The van der Waals surface area contributed by atoms with E-state index in [4.69, 9.17) is 4.98 Å². The molecule has 1 unspecified atom stereocenters. The summed E-state index contributed by atoms with van der Waals surface area (Å²) < 4.78 is 0. The number of nitrogens with zero attached hydrogens (tertiary/aromatic N) is 3. The Morgan fingerprint density at radius 2 is 2.00 bits per heavy atom. The molecule has 0 aliphatic heterocycles. The average molecular weight is 485 g/mol. The lowest BCUT2D eigenvalue weighted by Gasteiger charge is -2.30. The molecule has 0 bridgehead atoms. The molecule has 5 rings (SSSR count). The summed E-state index contributed by atoms with van der Waals surface area (Å²) in [5.41, 5.74) is 4.59. The SMILES string of the molecule is C/C=C\c1cnc(Nc2ccc(SCc3ccccc3)cc2C)nc1N(C=O)C1CCCC12CC2. The number of anilines is 3. The smallest absolute Gasteiger partial charge is 0.229 e. The summed E-state index contributed by atoms with van der Waals surface area (Å²) in [6.45, 7) is 4.07. The van der Waals surface area contributed by atoms with Gasteiger partial charge in [0.15, 0.2) is 0 Å². The van der Waals surface area contributed by atoms with Crippen molar-refractivity contribution in [1.29, 1.82) is 0 Å². The molecule has 0 saturated heterocycles. The Labute approximate surface area is 212 Å². The highest BCUT2D eigenvalue weighted by molar-refractivity contribution is 7.98. The summed E-state index contributed by atoms with van der Waals surface area (Å²) in [6, 6.07) is 17.1. The van der Waals surface area contributed by atoms with Crippen LogP contribution in [-0.2, 0) is 10.5 Å². The van der Waals surface area contributed by atoms with Gasteiger partial charge in [-0.1, -0.05) is 48.9 Å². The molecule has 0 radical (unpaired) electrons. The van der Waals surface area contributed by atoms with E-state index in [-0.39, 0.29) is 6.04 Å². The van der Waals surface area contributed by atoms with Crippen LogP contribution in [0, 0.1) is 12.3 Å². The summed E-state index contributed by atoms with van der Waals surface area (Å²) in [7, 11) is 0. The second kappa shape index (κ2) is 10.2. The lowest BCUT2D eigenvalue weighted by molar-refractivity contribution is -0.108. The number of hydrogen-bond donors (Lipinski definition) is 1. The van der Waals surface area contributed by atoms with E-state index >= 15 is 0 Å². The first-order chi connectivity index (χ1) is 17.1. The lowest BCUT2D eigenvalue weighted by atomic mass is 9.99. The van der Waals surface area contributed by atoms with Crippen LogP contribution < -0.4 is 10.2 Å². The van der Waals surface area contributed by atoms with Crippen molar-refractivity contribution in [3.05, 3.63) is 77.5 Å². The standard InChI is InChI=1S/C29H32N4OS/c1-3-8-23-18-30-28(32-27(23)33(20-34)26-11-7-14-29(26)15-16-29)31-25-13-12-24(17-21(25)2)35-19-22-9-5-4-6-10-22/h3-6,8-10,12-13,17-18,20,26H,7,11,14-16,19H2,1-2H3,(H,30,31,32)/b8-3-. The van der Waals surface area contributed by atoms with E-state index in [0.717, 1.165) is 35.4 Å². The van der Waals surface area contributed by atoms with Crippen LogP contribution in [0.5, 0.6) is 0 Å². The molecule has 3 aromatic rings. The number of amides is 1. The van der Waals surface area contributed by atoms with Crippen LogP contribution in [0.4, 0.5) is 17.5 Å². The quantitative estimate of drug-likeness (QED) is 0.258. The third-order valence-corrected chi connectivity index (χ3v) is 8.35. The maximum Gasteiger partial charge on any atom is 0.229 e. The van der Waals surface area contributed by atoms with Crippen LogP contribution >= 0.6 is 11.8 Å². The first-order valence-corrected chi connectivity index (χ1v) is 13.4. The second-order valence-electron chi connectivity index (χ2n) is 9.63. The number of allylic oxidation sites excluding steroid dienone is 1. The predicted molar refractivity (Wildman–Crippen MR) is 145 cm³/mol. The molecule has 2 aliphatic rings. The van der Waals surface area contributed by atoms with Gasteiger partial charge in [0, 0.05) is 34.1 Å². The first-order valence-electron chi connectivity index (χ1n) is 12.4.